The zero-order chi connectivity index (χ0) is 14.8. The molecule has 1 aliphatic heterocycles. The van der Waals surface area contributed by atoms with Gasteiger partial charge in [-0.1, -0.05) is 13.8 Å². The van der Waals surface area contributed by atoms with Crippen molar-refractivity contribution in [1.29, 1.82) is 0 Å². The normalized spacial score (nSPS) is 56.1. The molecule has 4 rings (SSSR count). The lowest BCUT2D eigenvalue weighted by Crippen LogP contribution is -2.61. The van der Waals surface area contributed by atoms with E-state index in [2.05, 4.69) is 19.2 Å². The first-order chi connectivity index (χ1) is 9.95. The van der Waals surface area contributed by atoms with E-state index >= 15 is 0 Å². The van der Waals surface area contributed by atoms with Crippen LogP contribution in [-0.4, -0.2) is 23.2 Å². The summed E-state index contributed by atoms with van der Waals surface area (Å²) in [5, 5.41) is 13.7. The second-order valence-corrected chi connectivity index (χ2v) is 8.72. The molecule has 3 nitrogen and oxygen atoms in total. The fourth-order valence-corrected chi connectivity index (χ4v) is 6.67. The van der Waals surface area contributed by atoms with Crippen molar-refractivity contribution in [2.45, 2.75) is 77.4 Å². The van der Waals surface area contributed by atoms with Gasteiger partial charge in [-0.2, -0.15) is 0 Å². The van der Waals surface area contributed by atoms with Crippen LogP contribution in [0.4, 0.5) is 0 Å². The van der Waals surface area contributed by atoms with Crippen LogP contribution in [0.1, 0.15) is 65.2 Å². The highest BCUT2D eigenvalue weighted by molar-refractivity contribution is 5.77. The van der Waals surface area contributed by atoms with Crippen molar-refractivity contribution in [1.82, 2.24) is 5.32 Å². The molecular formula is C18H29NO2. The van der Waals surface area contributed by atoms with E-state index in [1.807, 2.05) is 0 Å². The Labute approximate surface area is 127 Å². The fraction of sp³-hybridized carbons (Fsp3) is 0.944. The Morgan fingerprint density at radius 2 is 1.76 bits per heavy atom. The van der Waals surface area contributed by atoms with E-state index in [0.29, 0.717) is 23.8 Å². The summed E-state index contributed by atoms with van der Waals surface area (Å²) in [7, 11) is 0. The van der Waals surface area contributed by atoms with Crippen LogP contribution in [0.5, 0.6) is 0 Å². The number of nitrogens with one attached hydrogen (secondary N) is 1. The van der Waals surface area contributed by atoms with Gasteiger partial charge in [0.15, 0.2) is 0 Å². The number of hydrogen-bond acceptors (Lipinski definition) is 2. The Morgan fingerprint density at radius 1 is 1.00 bits per heavy atom. The van der Waals surface area contributed by atoms with Gasteiger partial charge in [0, 0.05) is 12.5 Å². The van der Waals surface area contributed by atoms with E-state index in [0.717, 1.165) is 31.1 Å². The van der Waals surface area contributed by atoms with Crippen LogP contribution in [0.15, 0.2) is 0 Å². The lowest BCUT2D eigenvalue weighted by Gasteiger charge is -2.59. The molecule has 1 unspecified atom stereocenters. The number of carbonyl (C=O) groups excluding carboxylic acids is 1. The summed E-state index contributed by atoms with van der Waals surface area (Å²) in [6.07, 6.45) is 8.72. The standard InChI is InChI=1S/C18H29NO2/c1-17-10-8-16(21)19-14(17)5-3-11-12-4-6-15(20)18(12,2)9-7-13(11)17/h11-15,20H,3-10H2,1-2H3,(H,19,21)/t11-,12-,13-,14?,15-,17+,18-/m0/s1. The Kier molecular flexibility index (Phi) is 2.99. The first kappa shape index (κ1) is 14.0. The number of amides is 1. The molecule has 118 valence electrons. The molecule has 3 aliphatic carbocycles. The molecule has 21 heavy (non-hydrogen) atoms. The molecule has 1 amide bonds. The van der Waals surface area contributed by atoms with Crippen LogP contribution < -0.4 is 5.32 Å². The average molecular weight is 291 g/mol. The van der Waals surface area contributed by atoms with Gasteiger partial charge in [0.2, 0.25) is 5.91 Å². The van der Waals surface area contributed by atoms with Gasteiger partial charge in [0.25, 0.3) is 0 Å². The van der Waals surface area contributed by atoms with E-state index < -0.39 is 0 Å². The zero-order valence-corrected chi connectivity index (χ0v) is 13.4. The fourth-order valence-electron chi connectivity index (χ4n) is 6.67. The Balaban J connectivity index is 1.64. The lowest BCUT2D eigenvalue weighted by atomic mass is 9.47. The third-order valence-corrected chi connectivity index (χ3v) is 8.04. The largest absolute Gasteiger partial charge is 0.393 e. The van der Waals surface area contributed by atoms with Crippen LogP contribution in [0, 0.1) is 28.6 Å². The van der Waals surface area contributed by atoms with E-state index in [-0.39, 0.29) is 17.4 Å². The van der Waals surface area contributed by atoms with E-state index in [1.165, 1.54) is 25.7 Å². The maximum absolute atomic E-state index is 11.8. The molecule has 0 aromatic carbocycles. The molecule has 7 atom stereocenters. The molecule has 0 aromatic rings. The number of fused-ring (bicyclic) bond motifs is 5. The van der Waals surface area contributed by atoms with Gasteiger partial charge in [0.05, 0.1) is 6.10 Å². The molecule has 1 saturated heterocycles. The van der Waals surface area contributed by atoms with Crippen molar-refractivity contribution in [2.75, 3.05) is 0 Å². The topological polar surface area (TPSA) is 49.3 Å². The summed E-state index contributed by atoms with van der Waals surface area (Å²) in [6.45, 7) is 4.77. The van der Waals surface area contributed by atoms with Gasteiger partial charge >= 0.3 is 0 Å². The van der Waals surface area contributed by atoms with Crippen molar-refractivity contribution in [3.05, 3.63) is 0 Å². The molecule has 4 fully saturated rings. The van der Waals surface area contributed by atoms with E-state index in [1.54, 1.807) is 0 Å². The lowest BCUT2D eigenvalue weighted by molar-refractivity contribution is -0.138. The highest BCUT2D eigenvalue weighted by Crippen LogP contribution is 2.63. The number of carbonyl (C=O) groups is 1. The van der Waals surface area contributed by atoms with Gasteiger partial charge in [-0.25, -0.2) is 0 Å². The van der Waals surface area contributed by atoms with Crippen molar-refractivity contribution in [3.8, 4) is 0 Å². The average Bonchev–Trinajstić information content (AvgIpc) is 2.76. The van der Waals surface area contributed by atoms with Crippen molar-refractivity contribution >= 4 is 5.91 Å². The van der Waals surface area contributed by atoms with Crippen LogP contribution in [-0.2, 0) is 4.79 Å². The molecule has 0 aromatic heterocycles. The van der Waals surface area contributed by atoms with Crippen molar-refractivity contribution < 1.29 is 9.90 Å². The molecule has 1 heterocycles. The number of piperidine rings is 1. The summed E-state index contributed by atoms with van der Waals surface area (Å²) < 4.78 is 0. The minimum absolute atomic E-state index is 0.0833. The van der Waals surface area contributed by atoms with Gasteiger partial charge < -0.3 is 10.4 Å². The predicted octanol–water partition coefficient (Wildman–Crippen LogP) is 2.87. The summed E-state index contributed by atoms with van der Waals surface area (Å²) in [5.41, 5.74) is 0.466. The maximum atomic E-state index is 11.8. The van der Waals surface area contributed by atoms with E-state index in [4.69, 9.17) is 0 Å². The summed E-state index contributed by atoms with van der Waals surface area (Å²) in [5.74, 6) is 2.49. The monoisotopic (exact) mass is 291 g/mol. The second kappa shape index (κ2) is 4.47. The Hall–Kier alpha value is -0.570. The molecule has 0 radical (unpaired) electrons. The summed E-state index contributed by atoms with van der Waals surface area (Å²) >= 11 is 0. The maximum Gasteiger partial charge on any atom is 0.220 e. The zero-order valence-electron chi connectivity index (χ0n) is 13.4. The number of aliphatic hydroxyl groups excluding tert-OH is 1. The molecule has 0 bridgehead atoms. The molecule has 2 N–H and O–H groups in total. The third kappa shape index (κ3) is 1.79. The number of rotatable bonds is 0. The second-order valence-electron chi connectivity index (χ2n) is 8.72. The molecule has 4 aliphatic rings. The van der Waals surface area contributed by atoms with Crippen LogP contribution in [0.25, 0.3) is 0 Å². The smallest absolute Gasteiger partial charge is 0.220 e. The highest BCUT2D eigenvalue weighted by Gasteiger charge is 2.60. The molecule has 3 heteroatoms. The van der Waals surface area contributed by atoms with Crippen LogP contribution >= 0.6 is 0 Å². The first-order valence-electron chi connectivity index (χ1n) is 8.92. The highest BCUT2D eigenvalue weighted by atomic mass is 16.3. The first-order valence-corrected chi connectivity index (χ1v) is 8.92. The minimum atomic E-state index is -0.0833. The molecule has 3 saturated carbocycles. The van der Waals surface area contributed by atoms with Gasteiger partial charge in [-0.3, -0.25) is 4.79 Å². The summed E-state index contributed by atoms with van der Waals surface area (Å²) in [4.78, 5) is 11.8. The SMILES string of the molecule is C[C@]12CC[C@H]3[C@@H](CCC4NC(=O)CC[C@@]43C)[C@@H]1CC[C@@H]2O. The third-order valence-electron chi connectivity index (χ3n) is 8.04. The Morgan fingerprint density at radius 3 is 2.57 bits per heavy atom. The van der Waals surface area contributed by atoms with Crippen molar-refractivity contribution in [2.24, 2.45) is 28.6 Å². The molecular weight excluding hydrogens is 262 g/mol. The van der Waals surface area contributed by atoms with Gasteiger partial charge in [-0.05, 0) is 73.5 Å². The van der Waals surface area contributed by atoms with Crippen molar-refractivity contribution in [3.63, 3.8) is 0 Å². The predicted molar refractivity (Wildman–Crippen MR) is 81.6 cm³/mol. The summed E-state index contributed by atoms with van der Waals surface area (Å²) in [6, 6.07) is 0.399. The van der Waals surface area contributed by atoms with Crippen LogP contribution in [0.2, 0.25) is 0 Å². The number of hydrogen-bond donors (Lipinski definition) is 2. The number of aliphatic hydroxyl groups is 1. The Bertz CT molecular complexity index is 464. The van der Waals surface area contributed by atoms with E-state index in [9.17, 15) is 9.90 Å². The van der Waals surface area contributed by atoms with Gasteiger partial charge in [-0.15, -0.1) is 0 Å². The minimum Gasteiger partial charge on any atom is -0.393 e. The van der Waals surface area contributed by atoms with Crippen LogP contribution in [0.3, 0.4) is 0 Å². The molecule has 0 spiro atoms. The van der Waals surface area contributed by atoms with Gasteiger partial charge in [0.1, 0.15) is 0 Å². The quantitative estimate of drug-likeness (QED) is 0.721.